The van der Waals surface area contributed by atoms with Gasteiger partial charge in [0.15, 0.2) is 6.61 Å². The largest absolute Gasteiger partial charge is 0.482 e. The van der Waals surface area contributed by atoms with Crippen molar-refractivity contribution in [3.8, 4) is 11.8 Å². The van der Waals surface area contributed by atoms with Crippen molar-refractivity contribution in [2.45, 2.75) is 39.7 Å². The van der Waals surface area contributed by atoms with Crippen LogP contribution in [0.1, 0.15) is 39.2 Å². The van der Waals surface area contributed by atoms with Crippen molar-refractivity contribution in [2.75, 3.05) is 6.61 Å². The minimum atomic E-state index is -0.159. The Balaban J connectivity index is 2.42. The fraction of sp³-hybridized carbons (Fsp3) is 0.500. The van der Waals surface area contributed by atoms with Crippen LogP contribution in [-0.2, 0) is 4.79 Å². The fourth-order valence-corrected chi connectivity index (χ4v) is 1.97. The standard InChI is InChI=1S/C16H22N2O2/c1-4-12(2)9-13(3)18-16(19)11-20-15-8-6-5-7-14(15)10-17/h5-8,12-13H,4,9,11H2,1-3H3,(H,18,19). The van der Waals surface area contributed by atoms with E-state index < -0.39 is 0 Å². The smallest absolute Gasteiger partial charge is 0.258 e. The molecule has 0 aliphatic heterocycles. The zero-order valence-electron chi connectivity index (χ0n) is 12.3. The molecule has 0 aromatic heterocycles. The van der Waals surface area contributed by atoms with Crippen LogP contribution in [0.2, 0.25) is 0 Å². The van der Waals surface area contributed by atoms with E-state index >= 15 is 0 Å². The van der Waals surface area contributed by atoms with Crippen LogP contribution in [0.3, 0.4) is 0 Å². The number of rotatable bonds is 7. The lowest BCUT2D eigenvalue weighted by Gasteiger charge is -2.17. The van der Waals surface area contributed by atoms with Crippen LogP contribution in [-0.4, -0.2) is 18.6 Å². The van der Waals surface area contributed by atoms with Crippen molar-refractivity contribution >= 4 is 5.91 Å². The zero-order chi connectivity index (χ0) is 15.0. The van der Waals surface area contributed by atoms with Gasteiger partial charge >= 0.3 is 0 Å². The predicted octanol–water partition coefficient (Wildman–Crippen LogP) is 2.88. The number of hydrogen-bond acceptors (Lipinski definition) is 3. The summed E-state index contributed by atoms with van der Waals surface area (Å²) in [5.74, 6) is 0.874. The summed E-state index contributed by atoms with van der Waals surface area (Å²) >= 11 is 0. The fourth-order valence-electron chi connectivity index (χ4n) is 1.97. The molecule has 1 N–H and O–H groups in total. The average molecular weight is 274 g/mol. The zero-order valence-corrected chi connectivity index (χ0v) is 12.3. The summed E-state index contributed by atoms with van der Waals surface area (Å²) in [5, 5.41) is 11.8. The molecule has 0 aliphatic carbocycles. The van der Waals surface area contributed by atoms with Crippen molar-refractivity contribution in [1.29, 1.82) is 5.26 Å². The summed E-state index contributed by atoms with van der Waals surface area (Å²) < 4.78 is 5.39. The quantitative estimate of drug-likeness (QED) is 0.831. The van der Waals surface area contributed by atoms with Gasteiger partial charge in [0.1, 0.15) is 11.8 Å². The monoisotopic (exact) mass is 274 g/mol. The van der Waals surface area contributed by atoms with E-state index in [0.717, 1.165) is 12.8 Å². The predicted molar refractivity (Wildman–Crippen MR) is 78.3 cm³/mol. The van der Waals surface area contributed by atoms with Gasteiger partial charge in [-0.25, -0.2) is 0 Å². The number of amides is 1. The molecule has 1 aromatic rings. The Hall–Kier alpha value is -2.02. The van der Waals surface area contributed by atoms with Crippen molar-refractivity contribution < 1.29 is 9.53 Å². The van der Waals surface area contributed by atoms with Crippen molar-refractivity contribution in [3.63, 3.8) is 0 Å². The molecule has 4 nitrogen and oxygen atoms in total. The van der Waals surface area contributed by atoms with E-state index in [4.69, 9.17) is 10.00 Å². The average Bonchev–Trinajstić information content (AvgIpc) is 2.45. The maximum atomic E-state index is 11.8. The first-order valence-electron chi connectivity index (χ1n) is 6.98. The molecule has 4 heteroatoms. The summed E-state index contributed by atoms with van der Waals surface area (Å²) in [6.45, 7) is 6.24. The van der Waals surface area contributed by atoms with E-state index in [0.29, 0.717) is 17.2 Å². The Kier molecular flexibility index (Phi) is 6.58. The Labute approximate surface area is 120 Å². The second-order valence-corrected chi connectivity index (χ2v) is 5.11. The van der Waals surface area contributed by atoms with Crippen LogP contribution >= 0.6 is 0 Å². The highest BCUT2D eigenvalue weighted by Gasteiger charge is 2.11. The number of nitriles is 1. The first-order chi connectivity index (χ1) is 9.56. The van der Waals surface area contributed by atoms with Crippen LogP contribution in [0, 0.1) is 17.2 Å². The van der Waals surface area contributed by atoms with Gasteiger partial charge in [-0.05, 0) is 31.4 Å². The lowest BCUT2D eigenvalue weighted by atomic mass is 10.0. The van der Waals surface area contributed by atoms with Gasteiger partial charge in [-0.2, -0.15) is 5.26 Å². The van der Waals surface area contributed by atoms with Gasteiger partial charge in [-0.3, -0.25) is 4.79 Å². The maximum absolute atomic E-state index is 11.8. The summed E-state index contributed by atoms with van der Waals surface area (Å²) in [7, 11) is 0. The molecular formula is C16H22N2O2. The third-order valence-corrected chi connectivity index (χ3v) is 3.23. The van der Waals surface area contributed by atoms with E-state index in [1.54, 1.807) is 24.3 Å². The van der Waals surface area contributed by atoms with Gasteiger partial charge in [0, 0.05) is 6.04 Å². The minimum absolute atomic E-state index is 0.0659. The lowest BCUT2D eigenvalue weighted by molar-refractivity contribution is -0.123. The topological polar surface area (TPSA) is 62.1 Å². The van der Waals surface area contributed by atoms with Gasteiger partial charge in [0.2, 0.25) is 0 Å². The highest BCUT2D eigenvalue weighted by atomic mass is 16.5. The van der Waals surface area contributed by atoms with Crippen LogP contribution < -0.4 is 10.1 Å². The third-order valence-electron chi connectivity index (χ3n) is 3.23. The van der Waals surface area contributed by atoms with Gasteiger partial charge in [0.25, 0.3) is 5.91 Å². The molecule has 0 radical (unpaired) electrons. The molecule has 0 heterocycles. The molecule has 108 valence electrons. The number of carbonyl (C=O) groups excluding carboxylic acids is 1. The Morgan fingerprint density at radius 3 is 2.75 bits per heavy atom. The summed E-state index contributed by atoms with van der Waals surface area (Å²) in [6.07, 6.45) is 2.06. The number of nitrogens with zero attached hydrogens (tertiary/aromatic N) is 1. The molecule has 0 saturated carbocycles. The van der Waals surface area contributed by atoms with Gasteiger partial charge in [0.05, 0.1) is 5.56 Å². The van der Waals surface area contributed by atoms with Crippen LogP contribution in [0.15, 0.2) is 24.3 Å². The van der Waals surface area contributed by atoms with Crippen LogP contribution in [0.4, 0.5) is 0 Å². The minimum Gasteiger partial charge on any atom is -0.482 e. The van der Waals surface area contributed by atoms with E-state index in [-0.39, 0.29) is 18.6 Å². The Morgan fingerprint density at radius 2 is 2.10 bits per heavy atom. The molecule has 0 spiro atoms. The van der Waals surface area contributed by atoms with Crippen LogP contribution in [0.5, 0.6) is 5.75 Å². The van der Waals surface area contributed by atoms with E-state index in [1.807, 2.05) is 13.0 Å². The lowest BCUT2D eigenvalue weighted by Crippen LogP contribution is -2.37. The molecule has 0 aliphatic rings. The van der Waals surface area contributed by atoms with Crippen molar-refractivity contribution in [1.82, 2.24) is 5.32 Å². The normalized spacial score (nSPS) is 13.1. The molecule has 1 aromatic carbocycles. The number of ether oxygens (including phenoxy) is 1. The third kappa shape index (κ3) is 5.31. The molecule has 0 bridgehead atoms. The van der Waals surface area contributed by atoms with Gasteiger partial charge in [-0.1, -0.05) is 32.4 Å². The van der Waals surface area contributed by atoms with E-state index in [2.05, 4.69) is 19.2 Å². The summed E-state index contributed by atoms with van der Waals surface area (Å²) in [4.78, 5) is 11.8. The molecule has 2 atom stereocenters. The molecule has 0 fully saturated rings. The van der Waals surface area contributed by atoms with E-state index in [1.165, 1.54) is 0 Å². The van der Waals surface area contributed by atoms with Gasteiger partial charge < -0.3 is 10.1 Å². The second kappa shape index (κ2) is 8.21. The molecular weight excluding hydrogens is 252 g/mol. The number of benzene rings is 1. The maximum Gasteiger partial charge on any atom is 0.258 e. The molecule has 2 unspecified atom stereocenters. The SMILES string of the molecule is CCC(C)CC(C)NC(=O)COc1ccccc1C#N. The molecule has 20 heavy (non-hydrogen) atoms. The number of nitrogens with one attached hydrogen (secondary N) is 1. The van der Waals surface area contributed by atoms with Crippen molar-refractivity contribution in [2.24, 2.45) is 5.92 Å². The first-order valence-corrected chi connectivity index (χ1v) is 6.98. The second-order valence-electron chi connectivity index (χ2n) is 5.11. The summed E-state index contributed by atoms with van der Waals surface area (Å²) in [5.41, 5.74) is 0.438. The van der Waals surface area contributed by atoms with E-state index in [9.17, 15) is 4.79 Å². The highest BCUT2D eigenvalue weighted by Crippen LogP contribution is 2.16. The molecule has 1 rings (SSSR count). The number of carbonyl (C=O) groups is 1. The Bertz CT molecular complexity index is 480. The Morgan fingerprint density at radius 1 is 1.40 bits per heavy atom. The van der Waals surface area contributed by atoms with Crippen molar-refractivity contribution in [3.05, 3.63) is 29.8 Å². The van der Waals surface area contributed by atoms with Crippen LogP contribution in [0.25, 0.3) is 0 Å². The summed E-state index contributed by atoms with van der Waals surface area (Å²) in [6, 6.07) is 9.06. The molecule has 1 amide bonds. The molecule has 0 saturated heterocycles. The highest BCUT2D eigenvalue weighted by molar-refractivity contribution is 5.77. The van der Waals surface area contributed by atoms with Gasteiger partial charge in [-0.15, -0.1) is 0 Å². The number of para-hydroxylation sites is 1. The first kappa shape index (κ1) is 16.0. The number of hydrogen-bond donors (Lipinski definition) is 1.